The van der Waals surface area contributed by atoms with Crippen LogP contribution < -0.4 is 0 Å². The Morgan fingerprint density at radius 2 is 2.00 bits per heavy atom. The molecule has 2 heterocycles. The Bertz CT molecular complexity index is 458. The second-order valence-electron chi connectivity index (χ2n) is 4.21. The van der Waals surface area contributed by atoms with E-state index in [1.807, 2.05) is 0 Å². The topological polar surface area (TPSA) is 17.8 Å². The van der Waals surface area contributed by atoms with Gasteiger partial charge in [0.25, 0.3) is 0 Å². The summed E-state index contributed by atoms with van der Waals surface area (Å²) in [4.78, 5) is 4.65. The minimum atomic E-state index is 1.12. The summed E-state index contributed by atoms with van der Waals surface area (Å²) in [5.41, 5.74) is 3.64. The molecule has 0 amide bonds. The molecule has 1 aromatic carbocycles. The van der Waals surface area contributed by atoms with Crippen molar-refractivity contribution < 1.29 is 0 Å². The Kier molecular flexibility index (Phi) is 1.88. The fraction of sp³-hybridized carbons (Fsp3) is 0.308. The summed E-state index contributed by atoms with van der Waals surface area (Å²) < 4.78 is 2.27. The maximum atomic E-state index is 4.65. The average molecular weight is 198 g/mol. The van der Waals surface area contributed by atoms with Gasteiger partial charge in [0.05, 0.1) is 5.69 Å². The number of aromatic nitrogens is 2. The van der Waals surface area contributed by atoms with Gasteiger partial charge in [-0.25, -0.2) is 4.98 Å². The van der Waals surface area contributed by atoms with E-state index in [1.54, 1.807) is 0 Å². The van der Waals surface area contributed by atoms with Crippen molar-refractivity contribution in [3.8, 4) is 11.3 Å². The van der Waals surface area contributed by atoms with Gasteiger partial charge in [-0.15, -0.1) is 0 Å². The molecule has 2 nitrogen and oxygen atoms in total. The smallest absolute Gasteiger partial charge is 0.109 e. The van der Waals surface area contributed by atoms with Crippen LogP contribution in [0.5, 0.6) is 0 Å². The zero-order valence-electron chi connectivity index (χ0n) is 8.90. The van der Waals surface area contributed by atoms with E-state index >= 15 is 0 Å². The fourth-order valence-corrected chi connectivity index (χ4v) is 2.12. The highest BCUT2D eigenvalue weighted by Gasteiger charge is 2.13. The lowest BCUT2D eigenvalue weighted by Crippen LogP contribution is -1.87. The number of rotatable bonds is 1. The first kappa shape index (κ1) is 8.72. The molecular formula is C13H14N2. The summed E-state index contributed by atoms with van der Waals surface area (Å²) in [6.45, 7) is 3.24. The van der Waals surface area contributed by atoms with Crippen LogP contribution in [-0.2, 0) is 13.0 Å². The van der Waals surface area contributed by atoms with E-state index in [2.05, 4.69) is 46.9 Å². The molecule has 0 aliphatic carbocycles. The van der Waals surface area contributed by atoms with Crippen molar-refractivity contribution in [2.45, 2.75) is 26.3 Å². The number of benzene rings is 1. The first-order chi connectivity index (χ1) is 7.33. The molecule has 0 saturated carbocycles. The van der Waals surface area contributed by atoms with Gasteiger partial charge in [0.1, 0.15) is 5.82 Å². The van der Waals surface area contributed by atoms with Crippen LogP contribution in [0, 0.1) is 6.92 Å². The van der Waals surface area contributed by atoms with Crippen LogP contribution in [0.15, 0.2) is 30.5 Å². The standard InChI is InChI=1S/C13H14N2/c1-10-4-6-11(7-5-10)12-9-15-8-2-3-13(15)14-12/h4-7,9H,2-3,8H2,1H3. The van der Waals surface area contributed by atoms with Gasteiger partial charge in [-0.05, 0) is 13.3 Å². The van der Waals surface area contributed by atoms with Gasteiger partial charge in [-0.1, -0.05) is 29.8 Å². The van der Waals surface area contributed by atoms with Crippen molar-refractivity contribution in [3.05, 3.63) is 41.9 Å². The van der Waals surface area contributed by atoms with E-state index in [1.165, 1.54) is 23.4 Å². The highest BCUT2D eigenvalue weighted by atomic mass is 15.1. The van der Waals surface area contributed by atoms with Crippen LogP contribution in [0.1, 0.15) is 17.8 Å². The first-order valence-electron chi connectivity index (χ1n) is 5.46. The second kappa shape index (κ2) is 3.23. The quantitative estimate of drug-likeness (QED) is 0.689. The molecule has 3 rings (SSSR count). The van der Waals surface area contributed by atoms with E-state index in [0.29, 0.717) is 0 Å². The SMILES string of the molecule is Cc1ccc(-c2cn3c(n2)CCC3)cc1. The lowest BCUT2D eigenvalue weighted by atomic mass is 10.1. The van der Waals surface area contributed by atoms with E-state index in [4.69, 9.17) is 0 Å². The summed E-state index contributed by atoms with van der Waals surface area (Å²) in [7, 11) is 0. The molecule has 1 aromatic heterocycles. The van der Waals surface area contributed by atoms with Gasteiger partial charge in [0, 0.05) is 24.7 Å². The van der Waals surface area contributed by atoms with Crippen molar-refractivity contribution in [3.63, 3.8) is 0 Å². The summed E-state index contributed by atoms with van der Waals surface area (Å²) in [6.07, 6.45) is 4.55. The lowest BCUT2D eigenvalue weighted by molar-refractivity contribution is 0.750. The molecule has 0 fully saturated rings. The maximum absolute atomic E-state index is 4.65. The maximum Gasteiger partial charge on any atom is 0.109 e. The third-order valence-corrected chi connectivity index (χ3v) is 3.01. The third-order valence-electron chi connectivity index (χ3n) is 3.01. The molecule has 1 aliphatic heterocycles. The summed E-state index contributed by atoms with van der Waals surface area (Å²) >= 11 is 0. The molecule has 2 heteroatoms. The van der Waals surface area contributed by atoms with Gasteiger partial charge in [-0.3, -0.25) is 0 Å². The zero-order chi connectivity index (χ0) is 10.3. The predicted octanol–water partition coefficient (Wildman–Crippen LogP) is 2.80. The zero-order valence-corrected chi connectivity index (χ0v) is 8.90. The largest absolute Gasteiger partial charge is 0.334 e. The highest BCUT2D eigenvalue weighted by molar-refractivity contribution is 5.59. The van der Waals surface area contributed by atoms with Gasteiger partial charge < -0.3 is 4.57 Å². The molecule has 0 saturated heterocycles. The second-order valence-corrected chi connectivity index (χ2v) is 4.21. The van der Waals surface area contributed by atoms with E-state index in [-0.39, 0.29) is 0 Å². The molecule has 0 bridgehead atoms. The van der Waals surface area contributed by atoms with E-state index in [0.717, 1.165) is 18.7 Å². The van der Waals surface area contributed by atoms with E-state index in [9.17, 15) is 0 Å². The van der Waals surface area contributed by atoms with Crippen molar-refractivity contribution in [1.29, 1.82) is 0 Å². The predicted molar refractivity (Wildman–Crippen MR) is 60.7 cm³/mol. The monoisotopic (exact) mass is 198 g/mol. The Morgan fingerprint density at radius 3 is 2.73 bits per heavy atom. The highest BCUT2D eigenvalue weighted by Crippen LogP contribution is 2.22. The molecule has 0 unspecified atom stereocenters. The van der Waals surface area contributed by atoms with Gasteiger partial charge in [0.15, 0.2) is 0 Å². The number of imidazole rings is 1. The molecule has 76 valence electrons. The molecule has 0 radical (unpaired) electrons. The molecule has 2 aromatic rings. The van der Waals surface area contributed by atoms with Crippen LogP contribution in [0.25, 0.3) is 11.3 Å². The lowest BCUT2D eigenvalue weighted by Gasteiger charge is -1.97. The van der Waals surface area contributed by atoms with Crippen molar-refractivity contribution in [1.82, 2.24) is 9.55 Å². The van der Waals surface area contributed by atoms with Crippen LogP contribution >= 0.6 is 0 Å². The molecule has 0 N–H and O–H groups in total. The van der Waals surface area contributed by atoms with Gasteiger partial charge >= 0.3 is 0 Å². The van der Waals surface area contributed by atoms with Crippen LogP contribution in [0.4, 0.5) is 0 Å². The Balaban J connectivity index is 2.02. The van der Waals surface area contributed by atoms with Crippen molar-refractivity contribution >= 4 is 0 Å². The number of hydrogen-bond acceptors (Lipinski definition) is 1. The molecule has 0 spiro atoms. The fourth-order valence-electron chi connectivity index (χ4n) is 2.12. The average Bonchev–Trinajstić information content (AvgIpc) is 2.78. The number of fused-ring (bicyclic) bond motifs is 1. The van der Waals surface area contributed by atoms with Gasteiger partial charge in [-0.2, -0.15) is 0 Å². The summed E-state index contributed by atoms with van der Waals surface area (Å²) in [6, 6.07) is 8.57. The molecular weight excluding hydrogens is 184 g/mol. The molecule has 1 aliphatic rings. The first-order valence-corrected chi connectivity index (χ1v) is 5.46. The van der Waals surface area contributed by atoms with Gasteiger partial charge in [0.2, 0.25) is 0 Å². The Hall–Kier alpha value is -1.57. The number of hydrogen-bond donors (Lipinski definition) is 0. The van der Waals surface area contributed by atoms with Crippen LogP contribution in [0.3, 0.4) is 0 Å². The third kappa shape index (κ3) is 1.46. The number of nitrogens with zero attached hydrogens (tertiary/aromatic N) is 2. The Morgan fingerprint density at radius 1 is 1.20 bits per heavy atom. The van der Waals surface area contributed by atoms with Crippen molar-refractivity contribution in [2.24, 2.45) is 0 Å². The molecule has 0 atom stereocenters. The number of aryl methyl sites for hydroxylation is 3. The summed E-state index contributed by atoms with van der Waals surface area (Å²) in [5, 5.41) is 0. The van der Waals surface area contributed by atoms with E-state index < -0.39 is 0 Å². The minimum Gasteiger partial charge on any atom is -0.334 e. The normalized spacial score (nSPS) is 14.2. The Labute approximate surface area is 89.6 Å². The summed E-state index contributed by atoms with van der Waals surface area (Å²) in [5.74, 6) is 1.24. The van der Waals surface area contributed by atoms with Crippen molar-refractivity contribution in [2.75, 3.05) is 0 Å². The van der Waals surface area contributed by atoms with Crippen LogP contribution in [0.2, 0.25) is 0 Å². The van der Waals surface area contributed by atoms with Crippen LogP contribution in [-0.4, -0.2) is 9.55 Å². The molecule has 15 heavy (non-hydrogen) atoms. The minimum absolute atomic E-state index is 1.12.